The molecule has 180 valence electrons. The lowest BCUT2D eigenvalue weighted by molar-refractivity contribution is -0.123. The van der Waals surface area contributed by atoms with Crippen molar-refractivity contribution < 1.29 is 27.5 Å². The molecule has 0 saturated carbocycles. The molecule has 9 nitrogen and oxygen atoms in total. The number of sulfonamides is 1. The second-order valence-electron chi connectivity index (χ2n) is 8.70. The number of carbonyl (C=O) groups excluding carboxylic acids is 2. The third-order valence-electron chi connectivity index (χ3n) is 6.41. The van der Waals surface area contributed by atoms with Gasteiger partial charge in [-0.3, -0.25) is 9.59 Å². The van der Waals surface area contributed by atoms with Gasteiger partial charge in [-0.1, -0.05) is 6.07 Å². The molecule has 2 aromatic carbocycles. The largest absolute Gasteiger partial charge is 0.454 e. The Labute approximate surface area is 198 Å². The van der Waals surface area contributed by atoms with Gasteiger partial charge < -0.3 is 19.7 Å². The summed E-state index contributed by atoms with van der Waals surface area (Å²) in [5, 5.41) is 2.85. The van der Waals surface area contributed by atoms with Crippen molar-refractivity contribution in [3.05, 3.63) is 47.5 Å². The SMILES string of the molecule is O=C(CN1C(=O)CCCc2cc(S(=O)(=O)N3CCCC3)ccc21)NCc1ccc2c(c1)OCO2. The summed E-state index contributed by atoms with van der Waals surface area (Å²) < 4.78 is 38.1. The van der Waals surface area contributed by atoms with Gasteiger partial charge in [0.15, 0.2) is 11.5 Å². The molecule has 0 radical (unpaired) electrons. The molecule has 5 rings (SSSR count). The van der Waals surface area contributed by atoms with Crippen LogP contribution in [0.5, 0.6) is 11.5 Å². The predicted octanol–water partition coefficient (Wildman–Crippen LogP) is 2.19. The van der Waals surface area contributed by atoms with Crippen LogP contribution < -0.4 is 19.7 Å². The number of anilines is 1. The number of fused-ring (bicyclic) bond motifs is 2. The first kappa shape index (κ1) is 22.7. The molecular formula is C24H27N3O6S. The van der Waals surface area contributed by atoms with Crippen molar-refractivity contribution in [2.45, 2.75) is 43.5 Å². The molecule has 3 heterocycles. The van der Waals surface area contributed by atoms with Gasteiger partial charge >= 0.3 is 0 Å². The summed E-state index contributed by atoms with van der Waals surface area (Å²) >= 11 is 0. The molecule has 0 unspecified atom stereocenters. The topological polar surface area (TPSA) is 105 Å². The summed E-state index contributed by atoms with van der Waals surface area (Å²) in [7, 11) is -3.55. The maximum Gasteiger partial charge on any atom is 0.243 e. The van der Waals surface area contributed by atoms with E-state index in [0.29, 0.717) is 49.5 Å². The zero-order valence-corrected chi connectivity index (χ0v) is 19.6. The molecule has 10 heteroatoms. The van der Waals surface area contributed by atoms with Gasteiger partial charge in [-0.05, 0) is 67.1 Å². The highest BCUT2D eigenvalue weighted by Crippen LogP contribution is 2.33. The fourth-order valence-electron chi connectivity index (χ4n) is 4.59. The van der Waals surface area contributed by atoms with Crippen LogP contribution >= 0.6 is 0 Å². The molecule has 1 fully saturated rings. The van der Waals surface area contributed by atoms with Crippen LogP contribution in [0.1, 0.15) is 36.8 Å². The number of ether oxygens (including phenoxy) is 2. The first-order valence-electron chi connectivity index (χ1n) is 11.5. The van der Waals surface area contributed by atoms with E-state index in [-0.39, 0.29) is 36.6 Å². The fourth-order valence-corrected chi connectivity index (χ4v) is 6.16. The van der Waals surface area contributed by atoms with Crippen molar-refractivity contribution in [2.24, 2.45) is 0 Å². The van der Waals surface area contributed by atoms with Crippen LogP contribution in [0.2, 0.25) is 0 Å². The molecule has 0 aromatic heterocycles. The van der Waals surface area contributed by atoms with Crippen LogP contribution in [-0.2, 0) is 32.6 Å². The van der Waals surface area contributed by atoms with Crippen molar-refractivity contribution in [3.8, 4) is 11.5 Å². The van der Waals surface area contributed by atoms with E-state index in [1.165, 1.54) is 9.21 Å². The Morgan fingerprint density at radius 3 is 2.59 bits per heavy atom. The molecule has 0 bridgehead atoms. The molecule has 2 amide bonds. The maximum atomic E-state index is 13.0. The molecule has 1 N–H and O–H groups in total. The third kappa shape index (κ3) is 4.47. The highest BCUT2D eigenvalue weighted by molar-refractivity contribution is 7.89. The highest BCUT2D eigenvalue weighted by atomic mass is 32.2. The van der Waals surface area contributed by atoms with Crippen LogP contribution in [0.3, 0.4) is 0 Å². The lowest BCUT2D eigenvalue weighted by atomic mass is 10.1. The first-order chi connectivity index (χ1) is 16.4. The molecule has 3 aliphatic rings. The fraction of sp³-hybridized carbons (Fsp3) is 0.417. The summed E-state index contributed by atoms with van der Waals surface area (Å²) in [4.78, 5) is 27.2. The Kier molecular flexibility index (Phi) is 6.18. The van der Waals surface area contributed by atoms with Crippen molar-refractivity contribution in [3.63, 3.8) is 0 Å². The predicted molar refractivity (Wildman–Crippen MR) is 124 cm³/mol. The minimum Gasteiger partial charge on any atom is -0.454 e. The quantitative estimate of drug-likeness (QED) is 0.673. The Morgan fingerprint density at radius 1 is 0.971 bits per heavy atom. The summed E-state index contributed by atoms with van der Waals surface area (Å²) in [6.45, 7) is 1.41. The molecule has 0 aliphatic carbocycles. The van der Waals surface area contributed by atoms with E-state index >= 15 is 0 Å². The summed E-state index contributed by atoms with van der Waals surface area (Å²) in [5.74, 6) is 0.871. The van der Waals surface area contributed by atoms with Crippen LogP contribution in [0.15, 0.2) is 41.3 Å². The third-order valence-corrected chi connectivity index (χ3v) is 8.31. The molecule has 3 aliphatic heterocycles. The van der Waals surface area contributed by atoms with E-state index in [4.69, 9.17) is 9.47 Å². The molecule has 34 heavy (non-hydrogen) atoms. The molecule has 2 aromatic rings. The van der Waals surface area contributed by atoms with Crippen molar-refractivity contribution in [2.75, 3.05) is 31.3 Å². The van der Waals surface area contributed by atoms with Crippen LogP contribution in [-0.4, -0.2) is 51.0 Å². The van der Waals surface area contributed by atoms with Crippen molar-refractivity contribution in [1.29, 1.82) is 0 Å². The van der Waals surface area contributed by atoms with Crippen LogP contribution in [0, 0.1) is 0 Å². The molecule has 0 atom stereocenters. The summed E-state index contributed by atoms with van der Waals surface area (Å²) in [6, 6.07) is 10.3. The zero-order valence-electron chi connectivity index (χ0n) is 18.8. The monoisotopic (exact) mass is 485 g/mol. The van der Waals surface area contributed by atoms with Gasteiger partial charge in [0.05, 0.1) is 4.90 Å². The smallest absolute Gasteiger partial charge is 0.243 e. The average molecular weight is 486 g/mol. The summed E-state index contributed by atoms with van der Waals surface area (Å²) in [5.41, 5.74) is 2.23. The standard InChI is InChI=1S/C24H27N3O6S/c28-23(25-14-17-6-9-21-22(12-17)33-16-32-21)15-27-20-8-7-19(13-18(20)4-3-5-24(27)29)34(30,31)26-10-1-2-11-26/h6-9,12-13H,1-5,10-11,14-16H2,(H,25,28). The highest BCUT2D eigenvalue weighted by Gasteiger charge is 2.30. The maximum absolute atomic E-state index is 13.0. The summed E-state index contributed by atoms with van der Waals surface area (Å²) in [6.07, 6.45) is 3.23. The van der Waals surface area contributed by atoms with Crippen LogP contribution in [0.25, 0.3) is 0 Å². The molecular weight excluding hydrogens is 458 g/mol. The number of carbonyl (C=O) groups is 2. The normalized spacial score (nSPS) is 18.0. The Bertz CT molecular complexity index is 1220. The number of nitrogens with one attached hydrogen (secondary N) is 1. The van der Waals surface area contributed by atoms with E-state index < -0.39 is 10.0 Å². The lowest BCUT2D eigenvalue weighted by Gasteiger charge is -2.23. The number of benzene rings is 2. The van der Waals surface area contributed by atoms with Crippen LogP contribution in [0.4, 0.5) is 5.69 Å². The second-order valence-corrected chi connectivity index (χ2v) is 10.6. The van der Waals surface area contributed by atoms with Gasteiger partial charge in [-0.15, -0.1) is 0 Å². The van der Waals surface area contributed by atoms with E-state index in [9.17, 15) is 18.0 Å². The van der Waals surface area contributed by atoms with E-state index in [1.807, 2.05) is 12.1 Å². The van der Waals surface area contributed by atoms with Gasteiger partial charge in [0.25, 0.3) is 0 Å². The first-order valence-corrected chi connectivity index (χ1v) is 12.9. The van der Waals surface area contributed by atoms with Gasteiger partial charge in [-0.25, -0.2) is 8.42 Å². The van der Waals surface area contributed by atoms with Gasteiger partial charge in [0, 0.05) is 31.7 Å². The van der Waals surface area contributed by atoms with Gasteiger partial charge in [0.2, 0.25) is 28.6 Å². The Balaban J connectivity index is 1.30. The Hall–Kier alpha value is -3.11. The minimum absolute atomic E-state index is 0.130. The zero-order chi connectivity index (χ0) is 23.7. The molecule has 0 spiro atoms. The van der Waals surface area contributed by atoms with Gasteiger partial charge in [0.1, 0.15) is 6.54 Å². The number of hydrogen-bond acceptors (Lipinski definition) is 6. The number of rotatable bonds is 6. The Morgan fingerprint density at radius 2 is 1.76 bits per heavy atom. The number of hydrogen-bond donors (Lipinski definition) is 1. The van der Waals surface area contributed by atoms with E-state index in [2.05, 4.69) is 5.32 Å². The minimum atomic E-state index is -3.55. The van der Waals surface area contributed by atoms with Crippen molar-refractivity contribution >= 4 is 27.5 Å². The molecule has 1 saturated heterocycles. The lowest BCUT2D eigenvalue weighted by Crippen LogP contribution is -2.40. The number of aryl methyl sites for hydroxylation is 1. The van der Waals surface area contributed by atoms with E-state index in [1.54, 1.807) is 24.3 Å². The van der Waals surface area contributed by atoms with E-state index in [0.717, 1.165) is 24.0 Å². The second kappa shape index (κ2) is 9.27. The van der Waals surface area contributed by atoms with Gasteiger partial charge in [-0.2, -0.15) is 4.31 Å². The number of amides is 2. The number of nitrogens with zero attached hydrogens (tertiary/aromatic N) is 2. The van der Waals surface area contributed by atoms with Crippen molar-refractivity contribution in [1.82, 2.24) is 9.62 Å². The average Bonchev–Trinajstić information content (AvgIpc) is 3.51.